The van der Waals surface area contributed by atoms with Crippen molar-refractivity contribution in [2.75, 3.05) is 12.4 Å². The van der Waals surface area contributed by atoms with Crippen LogP contribution in [0.1, 0.15) is 0 Å². The van der Waals surface area contributed by atoms with Gasteiger partial charge in [-0.05, 0) is 11.6 Å². The minimum atomic E-state index is 0.272. The Bertz CT molecular complexity index is 184. The van der Waals surface area contributed by atoms with E-state index in [1.165, 1.54) is 0 Å². The maximum absolute atomic E-state index is 5.42. The van der Waals surface area contributed by atoms with Gasteiger partial charge in [0.05, 0.1) is 18.1 Å². The lowest BCUT2D eigenvalue weighted by molar-refractivity contribution is 1.16. The summed E-state index contributed by atoms with van der Waals surface area (Å²) in [5.74, 6) is 0. The quantitative estimate of drug-likeness (QED) is 0.600. The molecule has 1 aromatic heterocycles. The van der Waals surface area contributed by atoms with Gasteiger partial charge in [-0.2, -0.15) is 0 Å². The van der Waals surface area contributed by atoms with Crippen molar-refractivity contribution in [3.8, 4) is 0 Å². The van der Waals surface area contributed by atoms with Gasteiger partial charge in [-0.1, -0.05) is 0 Å². The van der Waals surface area contributed by atoms with E-state index < -0.39 is 0 Å². The Morgan fingerprint density at radius 3 is 2.44 bits per heavy atom. The van der Waals surface area contributed by atoms with Gasteiger partial charge in [0, 0.05) is 7.05 Å². The summed E-state index contributed by atoms with van der Waals surface area (Å²) in [5.41, 5.74) is 0.861. The predicted molar refractivity (Wildman–Crippen MR) is 36.6 cm³/mol. The molecule has 0 spiro atoms. The first kappa shape index (κ1) is 6.29. The molecule has 0 fully saturated rings. The van der Waals surface area contributed by atoms with E-state index in [9.17, 15) is 0 Å². The molecule has 0 radical (unpaired) electrons. The van der Waals surface area contributed by atoms with Gasteiger partial charge in [0.15, 0.2) is 0 Å². The molecule has 0 saturated heterocycles. The van der Waals surface area contributed by atoms with Gasteiger partial charge < -0.3 is 5.32 Å². The zero-order chi connectivity index (χ0) is 6.69. The summed E-state index contributed by atoms with van der Waals surface area (Å²) >= 11 is 5.42. The Labute approximate surface area is 58.1 Å². The topological polar surface area (TPSA) is 37.8 Å². The number of nitrogens with one attached hydrogen (secondary N) is 1. The fourth-order valence-corrected chi connectivity index (χ4v) is 0.539. The monoisotopic (exact) mass is 143 g/mol. The maximum atomic E-state index is 5.42. The van der Waals surface area contributed by atoms with Crippen molar-refractivity contribution in [3.63, 3.8) is 0 Å². The average molecular weight is 144 g/mol. The predicted octanol–water partition coefficient (Wildman–Crippen LogP) is 1.17. The lowest BCUT2D eigenvalue weighted by Gasteiger charge is -1.94. The Hall–Kier alpha value is -0.830. The zero-order valence-corrected chi connectivity index (χ0v) is 5.68. The molecule has 0 aliphatic heterocycles. The molecule has 0 unspecified atom stereocenters. The van der Waals surface area contributed by atoms with Crippen molar-refractivity contribution in [1.82, 2.24) is 9.97 Å². The third kappa shape index (κ3) is 1.54. The van der Waals surface area contributed by atoms with E-state index in [-0.39, 0.29) is 5.28 Å². The first-order valence-corrected chi connectivity index (χ1v) is 2.86. The summed E-state index contributed by atoms with van der Waals surface area (Å²) in [6.07, 6.45) is 3.24. The van der Waals surface area contributed by atoms with E-state index in [1.807, 2.05) is 0 Å². The number of nitrogens with zero attached hydrogens (tertiary/aromatic N) is 2. The molecule has 0 aliphatic carbocycles. The van der Waals surface area contributed by atoms with Gasteiger partial charge in [-0.25, -0.2) is 9.97 Å². The van der Waals surface area contributed by atoms with E-state index in [2.05, 4.69) is 15.3 Å². The smallest absolute Gasteiger partial charge is 0.222 e. The highest BCUT2D eigenvalue weighted by molar-refractivity contribution is 6.28. The van der Waals surface area contributed by atoms with Crippen molar-refractivity contribution in [1.29, 1.82) is 0 Å². The fraction of sp³-hybridized carbons (Fsp3) is 0.200. The normalized spacial score (nSPS) is 9.11. The largest absolute Gasteiger partial charge is 0.386 e. The standard InChI is InChI=1S/C5H6ClN3/c1-7-4-2-8-5(6)9-3-4/h2-3,7H,1H3. The van der Waals surface area contributed by atoms with Crippen molar-refractivity contribution in [3.05, 3.63) is 17.7 Å². The van der Waals surface area contributed by atoms with Crippen LogP contribution < -0.4 is 5.32 Å². The van der Waals surface area contributed by atoms with Crippen LogP contribution in [-0.2, 0) is 0 Å². The Morgan fingerprint density at radius 2 is 2.00 bits per heavy atom. The van der Waals surface area contributed by atoms with Crippen molar-refractivity contribution < 1.29 is 0 Å². The Morgan fingerprint density at radius 1 is 1.44 bits per heavy atom. The molecule has 4 heteroatoms. The summed E-state index contributed by atoms with van der Waals surface area (Å²) < 4.78 is 0. The van der Waals surface area contributed by atoms with Crippen molar-refractivity contribution >= 4 is 17.3 Å². The number of rotatable bonds is 1. The fourth-order valence-electron chi connectivity index (χ4n) is 0.441. The van der Waals surface area contributed by atoms with Crippen molar-refractivity contribution in [2.24, 2.45) is 0 Å². The van der Waals surface area contributed by atoms with Crippen LogP contribution >= 0.6 is 11.6 Å². The number of aromatic nitrogens is 2. The molecule has 0 bridgehead atoms. The van der Waals surface area contributed by atoms with Crippen LogP contribution in [0.3, 0.4) is 0 Å². The Balaban J connectivity index is 2.88. The molecular weight excluding hydrogens is 138 g/mol. The summed E-state index contributed by atoms with van der Waals surface area (Å²) in [6, 6.07) is 0. The van der Waals surface area contributed by atoms with Gasteiger partial charge in [-0.15, -0.1) is 0 Å². The molecule has 0 saturated carbocycles. The number of anilines is 1. The second-order valence-corrected chi connectivity index (χ2v) is 1.83. The molecule has 3 nitrogen and oxygen atoms in total. The van der Waals surface area contributed by atoms with Crippen LogP contribution in [0, 0.1) is 0 Å². The zero-order valence-electron chi connectivity index (χ0n) is 4.93. The van der Waals surface area contributed by atoms with Crippen LogP contribution in [-0.4, -0.2) is 17.0 Å². The van der Waals surface area contributed by atoms with Gasteiger partial charge >= 0.3 is 0 Å². The molecule has 1 aromatic rings. The molecule has 48 valence electrons. The SMILES string of the molecule is CNc1cnc(Cl)nc1. The number of hydrogen-bond acceptors (Lipinski definition) is 3. The second kappa shape index (κ2) is 2.64. The van der Waals surface area contributed by atoms with E-state index in [1.54, 1.807) is 19.4 Å². The van der Waals surface area contributed by atoms with Gasteiger partial charge in [0.2, 0.25) is 5.28 Å². The van der Waals surface area contributed by atoms with Crippen LogP contribution in [0.25, 0.3) is 0 Å². The maximum Gasteiger partial charge on any atom is 0.222 e. The first-order chi connectivity index (χ1) is 4.33. The highest BCUT2D eigenvalue weighted by Crippen LogP contribution is 2.03. The first-order valence-electron chi connectivity index (χ1n) is 2.48. The summed E-state index contributed by atoms with van der Waals surface area (Å²) in [5, 5.41) is 3.14. The number of halogens is 1. The minimum absolute atomic E-state index is 0.272. The summed E-state index contributed by atoms with van der Waals surface area (Å²) in [7, 11) is 1.80. The van der Waals surface area contributed by atoms with Crippen LogP contribution in [0.2, 0.25) is 5.28 Å². The molecule has 9 heavy (non-hydrogen) atoms. The van der Waals surface area contributed by atoms with Gasteiger partial charge in [-0.3, -0.25) is 0 Å². The van der Waals surface area contributed by atoms with E-state index >= 15 is 0 Å². The van der Waals surface area contributed by atoms with Crippen LogP contribution in [0.15, 0.2) is 12.4 Å². The molecule has 1 rings (SSSR count). The van der Waals surface area contributed by atoms with Crippen LogP contribution in [0.5, 0.6) is 0 Å². The average Bonchev–Trinajstić information content (AvgIpc) is 1.90. The highest BCUT2D eigenvalue weighted by Gasteiger charge is 1.88. The highest BCUT2D eigenvalue weighted by atomic mass is 35.5. The third-order valence-corrected chi connectivity index (χ3v) is 1.10. The lowest BCUT2D eigenvalue weighted by Crippen LogP contribution is -1.89. The molecule has 0 amide bonds. The van der Waals surface area contributed by atoms with Crippen LogP contribution in [0.4, 0.5) is 5.69 Å². The molecule has 1 heterocycles. The van der Waals surface area contributed by atoms with E-state index in [4.69, 9.17) is 11.6 Å². The molecule has 0 atom stereocenters. The molecular formula is C5H6ClN3. The number of hydrogen-bond donors (Lipinski definition) is 1. The van der Waals surface area contributed by atoms with E-state index in [0.717, 1.165) is 5.69 Å². The van der Waals surface area contributed by atoms with Gasteiger partial charge in [0.1, 0.15) is 0 Å². The van der Waals surface area contributed by atoms with Gasteiger partial charge in [0.25, 0.3) is 0 Å². The third-order valence-electron chi connectivity index (χ3n) is 0.909. The second-order valence-electron chi connectivity index (χ2n) is 1.49. The van der Waals surface area contributed by atoms with Crippen molar-refractivity contribution in [2.45, 2.75) is 0 Å². The molecule has 0 aromatic carbocycles. The molecule has 1 N–H and O–H groups in total. The lowest BCUT2D eigenvalue weighted by atomic mass is 10.5. The van der Waals surface area contributed by atoms with E-state index in [0.29, 0.717) is 0 Å². The molecule has 0 aliphatic rings. The summed E-state index contributed by atoms with van der Waals surface area (Å²) in [4.78, 5) is 7.48. The summed E-state index contributed by atoms with van der Waals surface area (Å²) in [6.45, 7) is 0. The minimum Gasteiger partial charge on any atom is -0.386 e. The Kier molecular flexibility index (Phi) is 1.85.